The zero-order valence-corrected chi connectivity index (χ0v) is 8.91. The molecule has 0 unspecified atom stereocenters. The SMILES string of the molecule is Cc1nn(CCC(C)(C)C#N)cc1N. The molecule has 0 aliphatic heterocycles. The minimum atomic E-state index is -0.297. The molecule has 0 atom stereocenters. The van der Waals surface area contributed by atoms with E-state index in [0.29, 0.717) is 5.69 Å². The van der Waals surface area contributed by atoms with Gasteiger partial charge in [0.1, 0.15) is 0 Å². The molecule has 0 amide bonds. The topological polar surface area (TPSA) is 67.6 Å². The van der Waals surface area contributed by atoms with Crippen LogP contribution in [0.15, 0.2) is 6.20 Å². The van der Waals surface area contributed by atoms with Gasteiger partial charge < -0.3 is 5.73 Å². The average Bonchev–Trinajstić information content (AvgIpc) is 2.44. The number of anilines is 1. The number of hydrogen-bond acceptors (Lipinski definition) is 3. The van der Waals surface area contributed by atoms with Gasteiger partial charge in [-0.1, -0.05) is 0 Å². The van der Waals surface area contributed by atoms with Crippen LogP contribution in [-0.4, -0.2) is 9.78 Å². The second-order valence-electron chi connectivity index (χ2n) is 4.18. The molecule has 1 rings (SSSR count). The third-order valence-electron chi connectivity index (χ3n) is 2.25. The molecular weight excluding hydrogens is 176 g/mol. The average molecular weight is 192 g/mol. The number of nitrogen functional groups attached to an aromatic ring is 1. The largest absolute Gasteiger partial charge is 0.396 e. The van der Waals surface area contributed by atoms with Crippen molar-refractivity contribution in [3.8, 4) is 6.07 Å². The monoisotopic (exact) mass is 192 g/mol. The highest BCUT2D eigenvalue weighted by molar-refractivity contribution is 5.39. The molecule has 0 radical (unpaired) electrons. The van der Waals surface area contributed by atoms with Gasteiger partial charge in [0.15, 0.2) is 0 Å². The van der Waals surface area contributed by atoms with Gasteiger partial charge in [0.05, 0.1) is 22.9 Å². The Bertz CT molecular complexity index is 337. The molecule has 0 aliphatic rings. The first-order valence-electron chi connectivity index (χ1n) is 4.65. The number of aryl methyl sites for hydroxylation is 2. The van der Waals surface area contributed by atoms with Gasteiger partial charge in [-0.25, -0.2) is 0 Å². The molecule has 4 nitrogen and oxygen atoms in total. The molecule has 0 spiro atoms. The molecule has 0 bridgehead atoms. The van der Waals surface area contributed by atoms with Crippen molar-refractivity contribution in [2.45, 2.75) is 33.7 Å². The van der Waals surface area contributed by atoms with Crippen LogP contribution >= 0.6 is 0 Å². The van der Waals surface area contributed by atoms with Crippen LogP contribution in [0.2, 0.25) is 0 Å². The van der Waals surface area contributed by atoms with Gasteiger partial charge in [-0.15, -0.1) is 0 Å². The van der Waals surface area contributed by atoms with Gasteiger partial charge in [-0.3, -0.25) is 4.68 Å². The Morgan fingerprint density at radius 2 is 2.29 bits per heavy atom. The quantitative estimate of drug-likeness (QED) is 0.792. The molecule has 4 heteroatoms. The molecule has 14 heavy (non-hydrogen) atoms. The summed E-state index contributed by atoms with van der Waals surface area (Å²) < 4.78 is 1.80. The van der Waals surface area contributed by atoms with Crippen molar-refractivity contribution in [3.63, 3.8) is 0 Å². The predicted octanol–water partition coefficient (Wildman–Crippen LogP) is 1.71. The third-order valence-corrected chi connectivity index (χ3v) is 2.25. The molecular formula is C10H16N4. The first kappa shape index (κ1) is 10.6. The Labute approximate surface area is 84.3 Å². The Balaban J connectivity index is 2.59. The molecule has 76 valence electrons. The summed E-state index contributed by atoms with van der Waals surface area (Å²) in [5.74, 6) is 0. The van der Waals surface area contributed by atoms with Crippen LogP contribution < -0.4 is 5.73 Å². The van der Waals surface area contributed by atoms with Crippen molar-refractivity contribution >= 4 is 5.69 Å². The Kier molecular flexibility index (Phi) is 2.80. The molecule has 0 saturated carbocycles. The van der Waals surface area contributed by atoms with Gasteiger partial charge in [-0.2, -0.15) is 10.4 Å². The molecule has 0 saturated heterocycles. The van der Waals surface area contributed by atoms with E-state index in [1.165, 1.54) is 0 Å². The van der Waals surface area contributed by atoms with E-state index in [1.54, 1.807) is 4.68 Å². The van der Waals surface area contributed by atoms with Gasteiger partial charge in [0, 0.05) is 12.7 Å². The Hall–Kier alpha value is -1.50. The lowest BCUT2D eigenvalue weighted by atomic mass is 9.92. The molecule has 1 aromatic heterocycles. The third kappa shape index (κ3) is 2.49. The minimum absolute atomic E-state index is 0.297. The maximum atomic E-state index is 8.83. The molecule has 0 aromatic carbocycles. The summed E-state index contributed by atoms with van der Waals surface area (Å²) in [5, 5.41) is 13.1. The number of nitriles is 1. The zero-order chi connectivity index (χ0) is 10.8. The summed E-state index contributed by atoms with van der Waals surface area (Å²) in [6, 6.07) is 2.26. The molecule has 1 aromatic rings. The Morgan fingerprint density at radius 3 is 2.71 bits per heavy atom. The maximum Gasteiger partial charge on any atom is 0.0822 e. The lowest BCUT2D eigenvalue weighted by Crippen LogP contribution is -2.12. The fraction of sp³-hybridized carbons (Fsp3) is 0.600. The van der Waals surface area contributed by atoms with Crippen molar-refractivity contribution in [1.82, 2.24) is 9.78 Å². The highest BCUT2D eigenvalue weighted by atomic mass is 15.3. The van der Waals surface area contributed by atoms with E-state index in [0.717, 1.165) is 18.7 Å². The number of nitrogens with two attached hydrogens (primary N) is 1. The first-order valence-corrected chi connectivity index (χ1v) is 4.65. The smallest absolute Gasteiger partial charge is 0.0822 e. The lowest BCUT2D eigenvalue weighted by molar-refractivity contribution is 0.398. The van der Waals surface area contributed by atoms with E-state index in [-0.39, 0.29) is 5.41 Å². The summed E-state index contributed by atoms with van der Waals surface area (Å²) in [6.45, 7) is 6.46. The van der Waals surface area contributed by atoms with Gasteiger partial charge >= 0.3 is 0 Å². The van der Waals surface area contributed by atoms with Crippen molar-refractivity contribution in [2.75, 3.05) is 5.73 Å². The van der Waals surface area contributed by atoms with E-state index in [1.807, 2.05) is 27.0 Å². The number of hydrogen-bond donors (Lipinski definition) is 1. The predicted molar refractivity (Wildman–Crippen MR) is 55.4 cm³/mol. The van der Waals surface area contributed by atoms with Gasteiger partial charge in [0.25, 0.3) is 0 Å². The Morgan fingerprint density at radius 1 is 1.64 bits per heavy atom. The summed E-state index contributed by atoms with van der Waals surface area (Å²) in [7, 11) is 0. The summed E-state index contributed by atoms with van der Waals surface area (Å²) in [6.07, 6.45) is 2.59. The number of rotatable bonds is 3. The summed E-state index contributed by atoms with van der Waals surface area (Å²) in [5.41, 5.74) is 6.92. The molecule has 0 aliphatic carbocycles. The van der Waals surface area contributed by atoms with E-state index >= 15 is 0 Å². The highest BCUT2D eigenvalue weighted by Crippen LogP contribution is 2.19. The standard InChI is InChI=1S/C10H16N4/c1-8-9(12)6-14(13-8)5-4-10(2,3)7-11/h6H,4-5,12H2,1-3H3. The fourth-order valence-electron chi connectivity index (χ4n) is 1.10. The molecule has 1 heterocycles. The van der Waals surface area contributed by atoms with Crippen LogP contribution in [0, 0.1) is 23.7 Å². The van der Waals surface area contributed by atoms with Crippen LogP contribution in [0.5, 0.6) is 0 Å². The van der Waals surface area contributed by atoms with Crippen LogP contribution in [0.4, 0.5) is 5.69 Å². The highest BCUT2D eigenvalue weighted by Gasteiger charge is 2.16. The van der Waals surface area contributed by atoms with Crippen molar-refractivity contribution in [3.05, 3.63) is 11.9 Å². The number of nitrogens with zero attached hydrogens (tertiary/aromatic N) is 3. The van der Waals surface area contributed by atoms with Gasteiger partial charge in [0.2, 0.25) is 0 Å². The maximum absolute atomic E-state index is 8.83. The normalized spacial score (nSPS) is 11.3. The molecule has 0 fully saturated rings. The van der Waals surface area contributed by atoms with Gasteiger partial charge in [-0.05, 0) is 27.2 Å². The minimum Gasteiger partial charge on any atom is -0.396 e. The van der Waals surface area contributed by atoms with Crippen LogP contribution in [0.1, 0.15) is 26.0 Å². The lowest BCUT2D eigenvalue weighted by Gasteiger charge is -2.14. The fourth-order valence-corrected chi connectivity index (χ4v) is 1.10. The van der Waals surface area contributed by atoms with Crippen molar-refractivity contribution in [1.29, 1.82) is 5.26 Å². The second-order valence-corrected chi connectivity index (χ2v) is 4.18. The van der Waals surface area contributed by atoms with E-state index in [9.17, 15) is 0 Å². The van der Waals surface area contributed by atoms with Crippen LogP contribution in [0.25, 0.3) is 0 Å². The van der Waals surface area contributed by atoms with Crippen molar-refractivity contribution < 1.29 is 0 Å². The molecule has 2 N–H and O–H groups in total. The van der Waals surface area contributed by atoms with Crippen LogP contribution in [0.3, 0.4) is 0 Å². The van der Waals surface area contributed by atoms with E-state index in [2.05, 4.69) is 11.2 Å². The van der Waals surface area contributed by atoms with Crippen LogP contribution in [-0.2, 0) is 6.54 Å². The summed E-state index contributed by atoms with van der Waals surface area (Å²) in [4.78, 5) is 0. The first-order chi connectivity index (χ1) is 6.44. The number of aromatic nitrogens is 2. The zero-order valence-electron chi connectivity index (χ0n) is 8.91. The van der Waals surface area contributed by atoms with Crippen molar-refractivity contribution in [2.24, 2.45) is 5.41 Å². The summed E-state index contributed by atoms with van der Waals surface area (Å²) >= 11 is 0. The van der Waals surface area contributed by atoms with E-state index in [4.69, 9.17) is 11.0 Å². The second kappa shape index (κ2) is 3.70. The van der Waals surface area contributed by atoms with E-state index < -0.39 is 0 Å².